The van der Waals surface area contributed by atoms with E-state index in [1.807, 2.05) is 60.0 Å². The van der Waals surface area contributed by atoms with E-state index in [0.29, 0.717) is 5.02 Å². The Hall–Kier alpha value is -3.63. The van der Waals surface area contributed by atoms with Gasteiger partial charge in [0.1, 0.15) is 5.82 Å². The number of nitrogens with one attached hydrogen (secondary N) is 1. The molecule has 5 rings (SSSR count). The maximum Gasteiger partial charge on any atom is 0.165 e. The lowest BCUT2D eigenvalue weighted by Gasteiger charge is -2.16. The zero-order chi connectivity index (χ0) is 22.1. The zero-order valence-electron chi connectivity index (χ0n) is 18.0. The molecule has 2 aromatic heterocycles. The van der Waals surface area contributed by atoms with Crippen LogP contribution in [-0.2, 0) is 6.42 Å². The fourth-order valence-corrected chi connectivity index (χ4v) is 4.28. The largest absolute Gasteiger partial charge is 0.340 e. The van der Waals surface area contributed by atoms with Crippen molar-refractivity contribution in [2.24, 2.45) is 0 Å². The molecule has 0 aliphatic carbocycles. The van der Waals surface area contributed by atoms with Crippen LogP contribution in [-0.4, -0.2) is 14.6 Å². The summed E-state index contributed by atoms with van der Waals surface area (Å²) in [6.45, 7) is 4.10. The van der Waals surface area contributed by atoms with E-state index < -0.39 is 0 Å². The Morgan fingerprint density at radius 1 is 0.844 bits per heavy atom. The number of hydrogen-bond acceptors (Lipinski definition) is 3. The minimum absolute atomic E-state index is 0.684. The molecule has 0 saturated heterocycles. The Balaban J connectivity index is 1.74. The normalized spacial score (nSPS) is 11.1. The van der Waals surface area contributed by atoms with Crippen LogP contribution in [0.15, 0.2) is 84.9 Å². The molecule has 3 aromatic carbocycles. The highest BCUT2D eigenvalue weighted by atomic mass is 35.5. The molecular weight excluding hydrogens is 416 g/mol. The molecule has 32 heavy (non-hydrogen) atoms. The van der Waals surface area contributed by atoms with Crippen LogP contribution in [0.5, 0.6) is 0 Å². The van der Waals surface area contributed by atoms with E-state index in [1.165, 1.54) is 5.56 Å². The number of benzene rings is 3. The Labute approximate surface area is 192 Å². The molecule has 0 bridgehead atoms. The highest BCUT2D eigenvalue weighted by Crippen LogP contribution is 2.33. The number of fused-ring (bicyclic) bond motifs is 1. The van der Waals surface area contributed by atoms with Crippen molar-refractivity contribution in [2.75, 3.05) is 5.32 Å². The molecule has 4 nitrogen and oxygen atoms in total. The molecule has 0 unspecified atom stereocenters. The second-order valence-electron chi connectivity index (χ2n) is 7.88. The predicted octanol–water partition coefficient (Wildman–Crippen LogP) is 7.00. The lowest BCUT2D eigenvalue weighted by atomic mass is 10.0. The minimum atomic E-state index is 0.684. The Kier molecular flexibility index (Phi) is 5.38. The third-order valence-corrected chi connectivity index (χ3v) is 5.85. The van der Waals surface area contributed by atoms with Crippen LogP contribution in [0.1, 0.15) is 22.5 Å². The van der Waals surface area contributed by atoms with Crippen LogP contribution in [0.2, 0.25) is 5.02 Å². The molecule has 0 saturated carbocycles. The van der Waals surface area contributed by atoms with Crippen LogP contribution in [0.3, 0.4) is 0 Å². The van der Waals surface area contributed by atoms with E-state index in [-0.39, 0.29) is 0 Å². The molecule has 0 aliphatic rings. The summed E-state index contributed by atoms with van der Waals surface area (Å²) in [4.78, 5) is 5.02. The first kappa shape index (κ1) is 20.3. The predicted molar refractivity (Wildman–Crippen MR) is 132 cm³/mol. The molecule has 2 heterocycles. The summed E-state index contributed by atoms with van der Waals surface area (Å²) in [5.41, 5.74) is 8.15. The fraction of sp³-hybridized carbons (Fsp3) is 0.111. The van der Waals surface area contributed by atoms with Crippen molar-refractivity contribution in [3.8, 4) is 11.1 Å². The number of anilines is 2. The number of aromatic nitrogens is 3. The van der Waals surface area contributed by atoms with Gasteiger partial charge in [0.25, 0.3) is 0 Å². The van der Waals surface area contributed by atoms with E-state index in [0.717, 1.165) is 51.7 Å². The second kappa shape index (κ2) is 8.48. The highest BCUT2D eigenvalue weighted by molar-refractivity contribution is 6.30. The van der Waals surface area contributed by atoms with Gasteiger partial charge < -0.3 is 5.32 Å². The zero-order valence-corrected chi connectivity index (χ0v) is 18.8. The average Bonchev–Trinajstić information content (AvgIpc) is 3.13. The van der Waals surface area contributed by atoms with Crippen LogP contribution in [0.4, 0.5) is 11.5 Å². The number of hydrogen-bond donors (Lipinski definition) is 1. The van der Waals surface area contributed by atoms with E-state index in [4.69, 9.17) is 21.7 Å². The standard InChI is InChI=1S/C27H23ClN4/c1-18-24(16-20-10-5-3-6-11-20)26(30-23-15-9-14-22(28)17-23)32-27(29-18)25(19(2)31-32)21-12-7-4-8-13-21/h3-15,17,30H,16H2,1-2H3. The van der Waals surface area contributed by atoms with Crippen LogP contribution < -0.4 is 5.32 Å². The molecule has 0 amide bonds. The number of halogens is 1. The van der Waals surface area contributed by atoms with Gasteiger partial charge in [-0.05, 0) is 43.2 Å². The summed E-state index contributed by atoms with van der Waals surface area (Å²) in [5, 5.41) is 9.18. The van der Waals surface area contributed by atoms with E-state index in [9.17, 15) is 0 Å². The SMILES string of the molecule is Cc1nc2c(-c3ccccc3)c(C)nn2c(Nc2cccc(Cl)c2)c1Cc1ccccc1. The van der Waals surface area contributed by atoms with Gasteiger partial charge in [-0.25, -0.2) is 4.98 Å². The molecule has 0 atom stereocenters. The summed E-state index contributed by atoms with van der Waals surface area (Å²) in [5.74, 6) is 0.906. The van der Waals surface area contributed by atoms with Crippen molar-refractivity contribution in [2.45, 2.75) is 20.3 Å². The Bertz CT molecular complexity index is 1390. The van der Waals surface area contributed by atoms with Crippen molar-refractivity contribution in [1.82, 2.24) is 14.6 Å². The molecule has 0 radical (unpaired) electrons. The van der Waals surface area contributed by atoms with Crippen molar-refractivity contribution >= 4 is 28.8 Å². The minimum Gasteiger partial charge on any atom is -0.340 e. The molecule has 0 spiro atoms. The van der Waals surface area contributed by atoms with Gasteiger partial charge in [0.15, 0.2) is 5.65 Å². The molecule has 158 valence electrons. The maximum atomic E-state index is 6.26. The van der Waals surface area contributed by atoms with Gasteiger partial charge in [-0.2, -0.15) is 9.61 Å². The van der Waals surface area contributed by atoms with E-state index in [2.05, 4.69) is 48.6 Å². The molecule has 5 heteroatoms. The van der Waals surface area contributed by atoms with Crippen LogP contribution >= 0.6 is 11.6 Å². The average molecular weight is 439 g/mol. The second-order valence-corrected chi connectivity index (χ2v) is 8.32. The number of rotatable bonds is 5. The van der Waals surface area contributed by atoms with Gasteiger partial charge in [-0.15, -0.1) is 0 Å². The summed E-state index contributed by atoms with van der Waals surface area (Å²) < 4.78 is 1.93. The van der Waals surface area contributed by atoms with Crippen LogP contribution in [0.25, 0.3) is 16.8 Å². The summed E-state index contributed by atoms with van der Waals surface area (Å²) in [6.07, 6.45) is 0.748. The van der Waals surface area contributed by atoms with Crippen molar-refractivity contribution < 1.29 is 0 Å². The van der Waals surface area contributed by atoms with Gasteiger partial charge in [0, 0.05) is 34.0 Å². The molecular formula is C27H23ClN4. The van der Waals surface area contributed by atoms with Gasteiger partial charge in [0.05, 0.1) is 5.69 Å². The van der Waals surface area contributed by atoms with Crippen molar-refractivity contribution in [3.05, 3.63) is 112 Å². The summed E-state index contributed by atoms with van der Waals surface area (Å²) in [6, 6.07) is 28.5. The van der Waals surface area contributed by atoms with Gasteiger partial charge in [-0.1, -0.05) is 78.3 Å². The maximum absolute atomic E-state index is 6.26. The van der Waals surface area contributed by atoms with Crippen molar-refractivity contribution in [1.29, 1.82) is 0 Å². The quantitative estimate of drug-likeness (QED) is 0.321. The number of aryl methyl sites for hydroxylation is 2. The topological polar surface area (TPSA) is 42.2 Å². The highest BCUT2D eigenvalue weighted by Gasteiger charge is 2.20. The lowest BCUT2D eigenvalue weighted by Crippen LogP contribution is -2.09. The lowest BCUT2D eigenvalue weighted by molar-refractivity contribution is 0.895. The first-order chi connectivity index (χ1) is 15.6. The van der Waals surface area contributed by atoms with E-state index >= 15 is 0 Å². The Morgan fingerprint density at radius 3 is 2.28 bits per heavy atom. The fourth-order valence-electron chi connectivity index (χ4n) is 4.09. The molecule has 0 aliphatic heterocycles. The Morgan fingerprint density at radius 2 is 1.56 bits per heavy atom. The summed E-state index contributed by atoms with van der Waals surface area (Å²) in [7, 11) is 0. The van der Waals surface area contributed by atoms with Gasteiger partial charge >= 0.3 is 0 Å². The molecule has 1 N–H and O–H groups in total. The molecule has 0 fully saturated rings. The number of nitrogens with zero attached hydrogens (tertiary/aromatic N) is 3. The van der Waals surface area contributed by atoms with Crippen molar-refractivity contribution in [3.63, 3.8) is 0 Å². The van der Waals surface area contributed by atoms with E-state index in [1.54, 1.807) is 0 Å². The third-order valence-electron chi connectivity index (χ3n) is 5.62. The monoisotopic (exact) mass is 438 g/mol. The first-order valence-corrected chi connectivity index (χ1v) is 11.0. The third kappa shape index (κ3) is 3.85. The summed E-state index contributed by atoms with van der Waals surface area (Å²) >= 11 is 6.26. The first-order valence-electron chi connectivity index (χ1n) is 10.6. The smallest absolute Gasteiger partial charge is 0.165 e. The van der Waals surface area contributed by atoms with Crippen LogP contribution in [0, 0.1) is 13.8 Å². The van der Waals surface area contributed by atoms with Gasteiger partial charge in [0.2, 0.25) is 0 Å². The molecule has 5 aromatic rings. The van der Waals surface area contributed by atoms with Gasteiger partial charge in [-0.3, -0.25) is 0 Å².